The molecule has 0 radical (unpaired) electrons. The molecule has 0 saturated carbocycles. The third kappa shape index (κ3) is 2.94. The lowest BCUT2D eigenvalue weighted by molar-refractivity contribution is 0.101. The Labute approximate surface area is 113 Å². The lowest BCUT2D eigenvalue weighted by atomic mass is 10.0. The number of aliphatic hydroxyl groups excluding tert-OH is 1. The molecular weight excluding hydrogens is 240 g/mol. The van der Waals surface area contributed by atoms with Crippen LogP contribution in [0.15, 0.2) is 18.2 Å². The molecule has 1 atom stereocenters. The molecule has 0 bridgehead atoms. The molecule has 19 heavy (non-hydrogen) atoms. The van der Waals surface area contributed by atoms with Crippen molar-refractivity contribution in [3.8, 4) is 6.07 Å². The zero-order valence-corrected chi connectivity index (χ0v) is 11.1. The monoisotopic (exact) mass is 258 g/mol. The molecule has 1 fully saturated rings. The molecular formula is C15H18N2O2. The van der Waals surface area contributed by atoms with E-state index >= 15 is 0 Å². The van der Waals surface area contributed by atoms with E-state index in [1.54, 1.807) is 25.1 Å². The van der Waals surface area contributed by atoms with E-state index in [1.807, 2.05) is 0 Å². The Balaban J connectivity index is 2.28. The van der Waals surface area contributed by atoms with E-state index in [-0.39, 0.29) is 12.4 Å². The quantitative estimate of drug-likeness (QED) is 0.839. The zero-order chi connectivity index (χ0) is 13.8. The third-order valence-electron chi connectivity index (χ3n) is 3.67. The van der Waals surface area contributed by atoms with Gasteiger partial charge in [0.2, 0.25) is 0 Å². The second kappa shape index (κ2) is 5.85. The molecule has 0 amide bonds. The number of nitrogens with zero attached hydrogens (tertiary/aromatic N) is 2. The molecule has 0 spiro atoms. The molecule has 1 heterocycles. The van der Waals surface area contributed by atoms with Crippen LogP contribution in [0.25, 0.3) is 0 Å². The van der Waals surface area contributed by atoms with Crippen molar-refractivity contribution in [2.45, 2.75) is 19.8 Å². The molecule has 0 aromatic heterocycles. The van der Waals surface area contributed by atoms with Gasteiger partial charge >= 0.3 is 0 Å². The number of ketones is 1. The first-order valence-corrected chi connectivity index (χ1v) is 6.56. The van der Waals surface area contributed by atoms with E-state index in [0.29, 0.717) is 17.0 Å². The van der Waals surface area contributed by atoms with Crippen LogP contribution in [0.3, 0.4) is 0 Å². The summed E-state index contributed by atoms with van der Waals surface area (Å²) in [6.07, 6.45) is 1.82. The fraction of sp³-hybridized carbons (Fsp3) is 0.467. The predicted molar refractivity (Wildman–Crippen MR) is 73.2 cm³/mol. The number of anilines is 1. The highest BCUT2D eigenvalue weighted by molar-refractivity contribution is 6.00. The Hall–Kier alpha value is -1.86. The highest BCUT2D eigenvalue weighted by Gasteiger charge is 2.24. The van der Waals surface area contributed by atoms with Crippen LogP contribution in [0.1, 0.15) is 35.7 Å². The normalized spacial score (nSPS) is 18.4. The molecule has 1 unspecified atom stereocenters. The first-order valence-electron chi connectivity index (χ1n) is 6.56. The van der Waals surface area contributed by atoms with Crippen LogP contribution in [0, 0.1) is 17.2 Å². The van der Waals surface area contributed by atoms with Crippen LogP contribution in [-0.2, 0) is 0 Å². The largest absolute Gasteiger partial charge is 0.396 e. The topological polar surface area (TPSA) is 64.3 Å². The Morgan fingerprint density at radius 3 is 3.00 bits per heavy atom. The van der Waals surface area contributed by atoms with Crippen molar-refractivity contribution in [3.05, 3.63) is 29.3 Å². The number of nitriles is 1. The van der Waals surface area contributed by atoms with Crippen molar-refractivity contribution < 1.29 is 9.90 Å². The average Bonchev–Trinajstić information content (AvgIpc) is 2.87. The summed E-state index contributed by atoms with van der Waals surface area (Å²) in [5.74, 6) is 0.487. The molecule has 4 heteroatoms. The molecule has 1 aromatic carbocycles. The van der Waals surface area contributed by atoms with E-state index in [2.05, 4.69) is 11.0 Å². The number of hydrogen-bond donors (Lipinski definition) is 1. The van der Waals surface area contributed by atoms with Crippen molar-refractivity contribution in [2.75, 3.05) is 24.6 Å². The summed E-state index contributed by atoms with van der Waals surface area (Å²) in [7, 11) is 0. The maximum Gasteiger partial charge on any atom is 0.161 e. The fourth-order valence-corrected chi connectivity index (χ4v) is 2.63. The summed E-state index contributed by atoms with van der Waals surface area (Å²) >= 11 is 0. The summed E-state index contributed by atoms with van der Waals surface area (Å²) in [6, 6.07) is 7.32. The number of rotatable bonds is 4. The van der Waals surface area contributed by atoms with Crippen molar-refractivity contribution in [2.24, 2.45) is 5.92 Å². The molecule has 1 aliphatic rings. The number of hydrogen-bond acceptors (Lipinski definition) is 4. The van der Waals surface area contributed by atoms with Crippen molar-refractivity contribution in [3.63, 3.8) is 0 Å². The molecule has 100 valence electrons. The first-order chi connectivity index (χ1) is 9.15. The first kappa shape index (κ1) is 13.6. The van der Waals surface area contributed by atoms with Crippen LogP contribution in [-0.4, -0.2) is 30.6 Å². The Morgan fingerprint density at radius 1 is 1.58 bits per heavy atom. The second-order valence-electron chi connectivity index (χ2n) is 5.01. The summed E-state index contributed by atoms with van der Waals surface area (Å²) in [5.41, 5.74) is 2.10. The van der Waals surface area contributed by atoms with E-state index in [9.17, 15) is 4.79 Å². The zero-order valence-electron chi connectivity index (χ0n) is 11.1. The predicted octanol–water partition coefficient (Wildman–Crippen LogP) is 1.97. The standard InChI is InChI=1S/C15H18N2O2/c1-11(19)14-3-2-13(9-16)8-15(14)17-6-4-12(10-17)5-7-18/h2-3,8,12,18H,4-7,10H2,1H3. The molecule has 1 saturated heterocycles. The lowest BCUT2D eigenvalue weighted by Gasteiger charge is -2.21. The van der Waals surface area contributed by atoms with E-state index < -0.39 is 0 Å². The van der Waals surface area contributed by atoms with E-state index in [4.69, 9.17) is 10.4 Å². The van der Waals surface area contributed by atoms with Gasteiger partial charge in [0, 0.05) is 30.9 Å². The SMILES string of the molecule is CC(=O)c1ccc(C#N)cc1N1CCC(CCO)C1. The van der Waals surface area contributed by atoms with Crippen LogP contribution < -0.4 is 4.90 Å². The lowest BCUT2D eigenvalue weighted by Crippen LogP contribution is -2.22. The van der Waals surface area contributed by atoms with Crippen LogP contribution in [0.4, 0.5) is 5.69 Å². The Kier molecular flexibility index (Phi) is 4.18. The van der Waals surface area contributed by atoms with Gasteiger partial charge < -0.3 is 10.0 Å². The van der Waals surface area contributed by atoms with Gasteiger partial charge in [-0.25, -0.2) is 0 Å². The van der Waals surface area contributed by atoms with Crippen LogP contribution in [0.2, 0.25) is 0 Å². The van der Waals surface area contributed by atoms with Gasteiger partial charge in [-0.15, -0.1) is 0 Å². The molecule has 1 aromatic rings. The molecule has 0 aliphatic carbocycles. The van der Waals surface area contributed by atoms with Gasteiger partial charge in [0.25, 0.3) is 0 Å². The summed E-state index contributed by atoms with van der Waals surface area (Å²) in [5, 5.41) is 18.0. The van der Waals surface area contributed by atoms with Crippen LogP contribution >= 0.6 is 0 Å². The number of carbonyl (C=O) groups is 1. The smallest absolute Gasteiger partial charge is 0.161 e. The summed E-state index contributed by atoms with van der Waals surface area (Å²) in [6.45, 7) is 3.47. The minimum absolute atomic E-state index is 0.0186. The van der Waals surface area contributed by atoms with Gasteiger partial charge in [0.15, 0.2) is 5.78 Å². The van der Waals surface area contributed by atoms with Gasteiger partial charge in [-0.2, -0.15) is 5.26 Å². The Bertz CT molecular complexity index is 519. The van der Waals surface area contributed by atoms with Gasteiger partial charge in [-0.1, -0.05) is 0 Å². The van der Waals surface area contributed by atoms with E-state index in [0.717, 1.165) is 31.6 Å². The maximum atomic E-state index is 11.7. The van der Waals surface area contributed by atoms with Crippen molar-refractivity contribution in [1.29, 1.82) is 5.26 Å². The molecule has 1 N–H and O–H groups in total. The molecule has 2 rings (SSSR count). The highest BCUT2D eigenvalue weighted by atomic mass is 16.3. The van der Waals surface area contributed by atoms with Gasteiger partial charge in [0.1, 0.15) is 0 Å². The molecule has 1 aliphatic heterocycles. The number of carbonyl (C=O) groups excluding carboxylic acids is 1. The minimum Gasteiger partial charge on any atom is -0.396 e. The number of Topliss-reactive ketones (excluding diaryl/α,β-unsaturated/α-hetero) is 1. The third-order valence-corrected chi connectivity index (χ3v) is 3.67. The number of aliphatic hydroxyl groups is 1. The van der Waals surface area contributed by atoms with Gasteiger partial charge in [0.05, 0.1) is 11.6 Å². The summed E-state index contributed by atoms with van der Waals surface area (Å²) in [4.78, 5) is 13.8. The minimum atomic E-state index is 0.0186. The average molecular weight is 258 g/mol. The van der Waals surface area contributed by atoms with Crippen molar-refractivity contribution in [1.82, 2.24) is 0 Å². The van der Waals surface area contributed by atoms with E-state index in [1.165, 1.54) is 0 Å². The maximum absolute atomic E-state index is 11.7. The van der Waals surface area contributed by atoms with Crippen molar-refractivity contribution >= 4 is 11.5 Å². The number of benzene rings is 1. The fourth-order valence-electron chi connectivity index (χ4n) is 2.63. The van der Waals surface area contributed by atoms with Gasteiger partial charge in [-0.05, 0) is 43.9 Å². The Morgan fingerprint density at radius 2 is 2.37 bits per heavy atom. The second-order valence-corrected chi connectivity index (χ2v) is 5.01. The summed E-state index contributed by atoms with van der Waals surface area (Å²) < 4.78 is 0. The molecule has 4 nitrogen and oxygen atoms in total. The van der Waals surface area contributed by atoms with Gasteiger partial charge in [-0.3, -0.25) is 4.79 Å². The highest BCUT2D eigenvalue weighted by Crippen LogP contribution is 2.29. The van der Waals surface area contributed by atoms with Crippen LogP contribution in [0.5, 0.6) is 0 Å².